The molecule has 1 amide bonds. The van der Waals surface area contributed by atoms with E-state index in [4.69, 9.17) is 11.6 Å². The lowest BCUT2D eigenvalue weighted by Crippen LogP contribution is -2.66. The number of hydrogen-bond donors (Lipinski definition) is 1. The highest BCUT2D eigenvalue weighted by molar-refractivity contribution is 7.98. The van der Waals surface area contributed by atoms with Crippen molar-refractivity contribution in [1.82, 2.24) is 14.9 Å². The fraction of sp³-hybridized carbons (Fsp3) is 0.583. The Morgan fingerprint density at radius 1 is 1.58 bits per heavy atom. The highest BCUT2D eigenvalue weighted by atomic mass is 35.5. The van der Waals surface area contributed by atoms with Crippen LogP contribution in [0.2, 0.25) is 5.02 Å². The molecule has 0 bridgehead atoms. The number of halogens is 1. The maximum Gasteiger partial charge on any atom is 0.274 e. The number of amides is 1. The van der Waals surface area contributed by atoms with Crippen molar-refractivity contribution >= 4 is 29.3 Å². The Labute approximate surface area is 121 Å². The Morgan fingerprint density at radius 3 is 2.74 bits per heavy atom. The largest absolute Gasteiger partial charge is 0.386 e. The molecule has 2 heterocycles. The van der Waals surface area contributed by atoms with Crippen LogP contribution in [0.3, 0.4) is 0 Å². The van der Waals surface area contributed by atoms with Gasteiger partial charge in [0.05, 0.1) is 24.3 Å². The molecule has 1 aromatic heterocycles. The molecule has 0 aliphatic carbocycles. The third-order valence-electron chi connectivity index (χ3n) is 3.40. The first kappa shape index (κ1) is 14.6. The average Bonchev–Trinajstić information content (AvgIpc) is 2.34. The molecule has 1 N–H and O–H groups in total. The van der Waals surface area contributed by atoms with E-state index in [1.165, 1.54) is 18.0 Å². The second kappa shape index (κ2) is 5.26. The van der Waals surface area contributed by atoms with Crippen LogP contribution in [-0.4, -0.2) is 50.8 Å². The molecule has 104 valence electrons. The third kappa shape index (κ3) is 2.70. The summed E-state index contributed by atoms with van der Waals surface area (Å²) in [5, 5.41) is 10.9. The molecule has 1 aromatic rings. The van der Waals surface area contributed by atoms with Gasteiger partial charge in [0.2, 0.25) is 0 Å². The van der Waals surface area contributed by atoms with Gasteiger partial charge in [0.1, 0.15) is 5.60 Å². The minimum absolute atomic E-state index is 0.110. The van der Waals surface area contributed by atoms with Crippen LogP contribution in [0, 0.1) is 5.92 Å². The molecule has 0 atom stereocenters. The molecule has 2 rings (SSSR count). The molecule has 0 unspecified atom stereocenters. The third-order valence-corrected chi connectivity index (χ3v) is 4.24. The van der Waals surface area contributed by atoms with Crippen LogP contribution in [0.5, 0.6) is 0 Å². The topological polar surface area (TPSA) is 66.3 Å². The Kier molecular flexibility index (Phi) is 4.03. The number of thioether (sulfide) groups is 1. The van der Waals surface area contributed by atoms with E-state index < -0.39 is 5.60 Å². The lowest BCUT2D eigenvalue weighted by atomic mass is 9.83. The van der Waals surface area contributed by atoms with Gasteiger partial charge in [-0.05, 0) is 12.2 Å². The molecule has 5 nitrogen and oxygen atoms in total. The molecule has 0 aromatic carbocycles. The number of nitrogens with zero attached hydrogens (tertiary/aromatic N) is 3. The van der Waals surface area contributed by atoms with Gasteiger partial charge in [-0.2, -0.15) is 0 Å². The van der Waals surface area contributed by atoms with Crippen molar-refractivity contribution in [3.63, 3.8) is 0 Å². The van der Waals surface area contributed by atoms with Crippen molar-refractivity contribution in [2.24, 2.45) is 5.92 Å². The summed E-state index contributed by atoms with van der Waals surface area (Å²) in [5.74, 6) is -0.146. The molecule has 7 heteroatoms. The number of rotatable bonds is 3. The molecule has 19 heavy (non-hydrogen) atoms. The number of aliphatic hydroxyl groups is 1. The SMILES string of the molecule is CSc1ncc(Cl)c(C(=O)N2CC(O)(C(C)C)C2)n1. The quantitative estimate of drug-likeness (QED) is 0.680. The summed E-state index contributed by atoms with van der Waals surface area (Å²) in [6.45, 7) is 4.51. The van der Waals surface area contributed by atoms with Crippen LogP contribution in [0.1, 0.15) is 24.3 Å². The van der Waals surface area contributed by atoms with E-state index in [1.54, 1.807) is 4.90 Å². The zero-order valence-corrected chi connectivity index (χ0v) is 12.6. The van der Waals surface area contributed by atoms with E-state index >= 15 is 0 Å². The van der Waals surface area contributed by atoms with Gasteiger partial charge in [-0.15, -0.1) is 0 Å². The maximum atomic E-state index is 12.3. The molecule has 0 spiro atoms. The number of β-amino-alcohol motifs (C(OH)–C–C–N with tert-alkyl or cyclic N) is 1. The second-order valence-corrected chi connectivity index (χ2v) is 6.15. The van der Waals surface area contributed by atoms with E-state index in [1.807, 2.05) is 20.1 Å². The first-order valence-electron chi connectivity index (χ1n) is 5.95. The molecular weight excluding hydrogens is 286 g/mol. The van der Waals surface area contributed by atoms with Gasteiger partial charge in [0, 0.05) is 0 Å². The summed E-state index contributed by atoms with van der Waals surface area (Å²) in [6, 6.07) is 0. The summed E-state index contributed by atoms with van der Waals surface area (Å²) >= 11 is 7.31. The van der Waals surface area contributed by atoms with Crippen LogP contribution in [0.15, 0.2) is 11.4 Å². The van der Waals surface area contributed by atoms with Crippen LogP contribution in [0.4, 0.5) is 0 Å². The molecule has 0 radical (unpaired) electrons. The van der Waals surface area contributed by atoms with Gasteiger partial charge in [-0.1, -0.05) is 37.2 Å². The standard InChI is InChI=1S/C12H16ClN3O2S/c1-7(2)12(18)5-16(6-12)10(17)9-8(13)4-14-11(15-9)19-3/h4,7,18H,5-6H2,1-3H3. The zero-order chi connectivity index (χ0) is 14.2. The average molecular weight is 302 g/mol. The van der Waals surface area contributed by atoms with Crippen LogP contribution < -0.4 is 0 Å². The van der Waals surface area contributed by atoms with Crippen molar-refractivity contribution < 1.29 is 9.90 Å². The minimum atomic E-state index is -0.794. The molecular formula is C12H16ClN3O2S. The summed E-state index contributed by atoms with van der Waals surface area (Å²) in [7, 11) is 0. The van der Waals surface area contributed by atoms with Crippen molar-refractivity contribution in [3.05, 3.63) is 16.9 Å². The number of hydrogen-bond acceptors (Lipinski definition) is 5. The van der Waals surface area contributed by atoms with Crippen molar-refractivity contribution in [2.75, 3.05) is 19.3 Å². The minimum Gasteiger partial charge on any atom is -0.386 e. The molecule has 1 aliphatic rings. The fourth-order valence-electron chi connectivity index (χ4n) is 1.87. The van der Waals surface area contributed by atoms with E-state index in [2.05, 4.69) is 9.97 Å². The number of carbonyl (C=O) groups is 1. The lowest BCUT2D eigenvalue weighted by molar-refractivity contribution is -0.111. The zero-order valence-electron chi connectivity index (χ0n) is 11.1. The van der Waals surface area contributed by atoms with E-state index in [0.29, 0.717) is 18.2 Å². The predicted octanol–water partition coefficient (Wildman–Crippen LogP) is 1.69. The number of carbonyl (C=O) groups excluding carboxylic acids is 1. The summed E-state index contributed by atoms with van der Waals surface area (Å²) in [6.07, 6.45) is 3.26. The molecule has 0 saturated carbocycles. The van der Waals surface area contributed by atoms with Gasteiger partial charge >= 0.3 is 0 Å². The first-order valence-corrected chi connectivity index (χ1v) is 7.56. The van der Waals surface area contributed by atoms with Crippen LogP contribution in [0.25, 0.3) is 0 Å². The highest BCUT2D eigenvalue weighted by Gasteiger charge is 2.46. The Balaban J connectivity index is 2.14. The number of likely N-dealkylation sites (tertiary alicyclic amines) is 1. The fourth-order valence-corrected chi connectivity index (χ4v) is 2.39. The Morgan fingerprint density at radius 2 is 2.21 bits per heavy atom. The number of aromatic nitrogens is 2. The van der Waals surface area contributed by atoms with Gasteiger partial charge < -0.3 is 10.0 Å². The molecule has 1 aliphatic heterocycles. The Bertz CT molecular complexity index is 504. The Hall–Kier alpha value is -0.850. The van der Waals surface area contributed by atoms with E-state index in [0.717, 1.165) is 0 Å². The van der Waals surface area contributed by atoms with Crippen LogP contribution in [-0.2, 0) is 0 Å². The monoisotopic (exact) mass is 301 g/mol. The first-order chi connectivity index (χ1) is 8.87. The predicted molar refractivity (Wildman–Crippen MR) is 74.5 cm³/mol. The summed E-state index contributed by atoms with van der Waals surface area (Å²) in [5.41, 5.74) is -0.593. The highest BCUT2D eigenvalue weighted by Crippen LogP contribution is 2.30. The maximum absolute atomic E-state index is 12.3. The van der Waals surface area contributed by atoms with Gasteiger partial charge in [0.15, 0.2) is 10.9 Å². The molecule has 1 fully saturated rings. The smallest absolute Gasteiger partial charge is 0.274 e. The normalized spacial score (nSPS) is 17.5. The second-order valence-electron chi connectivity index (χ2n) is 4.97. The van der Waals surface area contributed by atoms with Crippen molar-refractivity contribution in [3.8, 4) is 0 Å². The lowest BCUT2D eigenvalue weighted by Gasteiger charge is -2.48. The van der Waals surface area contributed by atoms with E-state index in [-0.39, 0.29) is 22.5 Å². The summed E-state index contributed by atoms with van der Waals surface area (Å²) in [4.78, 5) is 21.9. The van der Waals surface area contributed by atoms with Crippen molar-refractivity contribution in [1.29, 1.82) is 0 Å². The van der Waals surface area contributed by atoms with Crippen LogP contribution >= 0.6 is 23.4 Å². The van der Waals surface area contributed by atoms with Gasteiger partial charge in [0.25, 0.3) is 5.91 Å². The molecule has 1 saturated heterocycles. The van der Waals surface area contributed by atoms with Gasteiger partial charge in [-0.3, -0.25) is 4.79 Å². The summed E-state index contributed by atoms with van der Waals surface area (Å²) < 4.78 is 0. The van der Waals surface area contributed by atoms with E-state index in [9.17, 15) is 9.90 Å². The van der Waals surface area contributed by atoms with Gasteiger partial charge in [-0.25, -0.2) is 9.97 Å². The van der Waals surface area contributed by atoms with Crippen molar-refractivity contribution in [2.45, 2.75) is 24.6 Å².